The Morgan fingerprint density at radius 2 is 2.33 bits per heavy atom. The van der Waals surface area contributed by atoms with Gasteiger partial charge in [0.05, 0.1) is 22.8 Å². The molecular weight excluding hydrogens is 318 g/mol. The zero-order chi connectivity index (χ0) is 13.1. The van der Waals surface area contributed by atoms with E-state index in [4.69, 9.17) is 11.6 Å². The fourth-order valence-electron chi connectivity index (χ4n) is 1.53. The first kappa shape index (κ1) is 13.1. The lowest BCUT2D eigenvalue weighted by Crippen LogP contribution is -2.26. The third kappa shape index (κ3) is 2.91. The Morgan fingerprint density at radius 1 is 1.56 bits per heavy atom. The lowest BCUT2D eigenvalue weighted by Gasteiger charge is -2.13. The lowest BCUT2D eigenvalue weighted by molar-refractivity contribution is 0.0940. The molecule has 0 aliphatic carbocycles. The summed E-state index contributed by atoms with van der Waals surface area (Å²) in [6.07, 6.45) is 3.42. The number of hydrogen-bond donors (Lipinski definition) is 2. The molecule has 6 heteroatoms. The SMILES string of the molecule is CC(NC(=O)c1cc(Br)ccc1Cl)c1cn[nH]c1. The molecule has 0 bridgehead atoms. The van der Waals surface area contributed by atoms with Crippen LogP contribution in [0.5, 0.6) is 0 Å². The molecule has 18 heavy (non-hydrogen) atoms. The summed E-state index contributed by atoms with van der Waals surface area (Å²) in [6, 6.07) is 5.04. The molecule has 0 aliphatic rings. The first-order valence-corrected chi connectivity index (χ1v) is 6.49. The zero-order valence-electron chi connectivity index (χ0n) is 9.58. The van der Waals surface area contributed by atoms with Crippen LogP contribution in [0.25, 0.3) is 0 Å². The van der Waals surface area contributed by atoms with Crippen LogP contribution >= 0.6 is 27.5 Å². The quantitative estimate of drug-likeness (QED) is 0.908. The van der Waals surface area contributed by atoms with Gasteiger partial charge in [0.25, 0.3) is 5.91 Å². The first-order chi connectivity index (χ1) is 8.58. The highest BCUT2D eigenvalue weighted by molar-refractivity contribution is 9.10. The second-order valence-electron chi connectivity index (χ2n) is 3.85. The van der Waals surface area contributed by atoms with Crippen molar-refractivity contribution in [3.8, 4) is 0 Å². The van der Waals surface area contributed by atoms with Crippen LogP contribution < -0.4 is 5.32 Å². The zero-order valence-corrected chi connectivity index (χ0v) is 11.9. The van der Waals surface area contributed by atoms with E-state index in [9.17, 15) is 4.79 Å². The molecule has 1 aromatic heterocycles. The van der Waals surface area contributed by atoms with Gasteiger partial charge in [0.15, 0.2) is 0 Å². The van der Waals surface area contributed by atoms with Crippen molar-refractivity contribution in [3.63, 3.8) is 0 Å². The molecule has 2 aromatic rings. The summed E-state index contributed by atoms with van der Waals surface area (Å²) in [5.74, 6) is -0.213. The number of amides is 1. The maximum absolute atomic E-state index is 12.1. The lowest BCUT2D eigenvalue weighted by atomic mass is 10.1. The van der Waals surface area contributed by atoms with Gasteiger partial charge in [-0.3, -0.25) is 9.89 Å². The predicted octanol–water partition coefficient (Wildman–Crippen LogP) is 3.32. The molecule has 0 saturated heterocycles. The van der Waals surface area contributed by atoms with Gasteiger partial charge in [0, 0.05) is 16.2 Å². The number of H-pyrrole nitrogens is 1. The molecule has 2 rings (SSSR count). The predicted molar refractivity (Wildman–Crippen MR) is 73.6 cm³/mol. The summed E-state index contributed by atoms with van der Waals surface area (Å²) in [6.45, 7) is 1.88. The fourth-order valence-corrected chi connectivity index (χ4v) is 2.09. The first-order valence-electron chi connectivity index (χ1n) is 5.32. The maximum Gasteiger partial charge on any atom is 0.253 e. The second kappa shape index (κ2) is 5.54. The number of nitrogens with zero attached hydrogens (tertiary/aromatic N) is 1. The van der Waals surface area contributed by atoms with Crippen molar-refractivity contribution in [2.75, 3.05) is 0 Å². The second-order valence-corrected chi connectivity index (χ2v) is 5.17. The molecule has 1 heterocycles. The number of hydrogen-bond acceptors (Lipinski definition) is 2. The molecule has 94 valence electrons. The van der Waals surface area contributed by atoms with Gasteiger partial charge >= 0.3 is 0 Å². The van der Waals surface area contributed by atoms with Crippen molar-refractivity contribution >= 4 is 33.4 Å². The van der Waals surface area contributed by atoms with E-state index in [1.807, 2.05) is 6.92 Å². The van der Waals surface area contributed by atoms with E-state index in [1.54, 1.807) is 30.6 Å². The molecule has 4 nitrogen and oxygen atoms in total. The van der Waals surface area contributed by atoms with Crippen LogP contribution in [0.4, 0.5) is 0 Å². The topological polar surface area (TPSA) is 57.8 Å². The molecule has 0 radical (unpaired) electrons. The average Bonchev–Trinajstić information content (AvgIpc) is 2.85. The number of benzene rings is 1. The summed E-state index contributed by atoms with van der Waals surface area (Å²) in [7, 11) is 0. The molecule has 2 N–H and O–H groups in total. The Labute approximate surface area is 118 Å². The number of aromatic amines is 1. The van der Waals surface area contributed by atoms with Crippen molar-refractivity contribution < 1.29 is 4.79 Å². The van der Waals surface area contributed by atoms with Crippen LogP contribution in [0.3, 0.4) is 0 Å². The number of carbonyl (C=O) groups excluding carboxylic acids is 1. The van der Waals surface area contributed by atoms with Crippen LogP contribution in [0.2, 0.25) is 5.02 Å². The Kier molecular flexibility index (Phi) is 4.04. The van der Waals surface area contributed by atoms with Crippen molar-refractivity contribution in [3.05, 3.63) is 51.2 Å². The highest BCUT2D eigenvalue weighted by Gasteiger charge is 2.15. The summed E-state index contributed by atoms with van der Waals surface area (Å²) in [5.41, 5.74) is 1.36. The van der Waals surface area contributed by atoms with Gasteiger partial charge in [-0.1, -0.05) is 27.5 Å². The average molecular weight is 329 g/mol. The Hall–Kier alpha value is -1.33. The smallest absolute Gasteiger partial charge is 0.253 e. The number of rotatable bonds is 3. The van der Waals surface area contributed by atoms with Crippen molar-refractivity contribution in [2.24, 2.45) is 0 Å². The summed E-state index contributed by atoms with van der Waals surface area (Å²) < 4.78 is 0.813. The van der Waals surface area contributed by atoms with Crippen molar-refractivity contribution in [2.45, 2.75) is 13.0 Å². The Morgan fingerprint density at radius 3 is 3.00 bits per heavy atom. The summed E-state index contributed by atoms with van der Waals surface area (Å²) in [5, 5.41) is 9.84. The highest BCUT2D eigenvalue weighted by Crippen LogP contribution is 2.21. The third-order valence-electron chi connectivity index (χ3n) is 2.54. The van der Waals surface area contributed by atoms with Crippen LogP contribution in [-0.4, -0.2) is 16.1 Å². The summed E-state index contributed by atoms with van der Waals surface area (Å²) in [4.78, 5) is 12.1. The number of halogens is 2. The number of aromatic nitrogens is 2. The molecule has 0 spiro atoms. The molecule has 0 saturated carbocycles. The monoisotopic (exact) mass is 327 g/mol. The standard InChI is InChI=1S/C12H11BrClN3O/c1-7(8-5-15-16-6-8)17-12(18)10-4-9(13)2-3-11(10)14/h2-7H,1H3,(H,15,16)(H,17,18). The minimum atomic E-state index is -0.213. The van der Waals surface area contributed by atoms with E-state index in [2.05, 4.69) is 31.4 Å². The minimum Gasteiger partial charge on any atom is -0.345 e. The molecular formula is C12H11BrClN3O. The fraction of sp³-hybridized carbons (Fsp3) is 0.167. The number of nitrogens with one attached hydrogen (secondary N) is 2. The highest BCUT2D eigenvalue weighted by atomic mass is 79.9. The van der Waals surface area contributed by atoms with Crippen LogP contribution in [-0.2, 0) is 0 Å². The number of carbonyl (C=O) groups is 1. The van der Waals surface area contributed by atoms with Crippen molar-refractivity contribution in [1.82, 2.24) is 15.5 Å². The van der Waals surface area contributed by atoms with Gasteiger partial charge in [0.2, 0.25) is 0 Å². The molecule has 1 atom stereocenters. The van der Waals surface area contributed by atoms with Crippen LogP contribution in [0.1, 0.15) is 28.9 Å². The van der Waals surface area contributed by atoms with Gasteiger partial charge in [-0.15, -0.1) is 0 Å². The minimum absolute atomic E-state index is 0.133. The van der Waals surface area contributed by atoms with Crippen LogP contribution in [0, 0.1) is 0 Å². The van der Waals surface area contributed by atoms with E-state index in [0.29, 0.717) is 10.6 Å². The van der Waals surface area contributed by atoms with E-state index >= 15 is 0 Å². The van der Waals surface area contributed by atoms with E-state index in [1.165, 1.54) is 0 Å². The largest absolute Gasteiger partial charge is 0.345 e. The molecule has 1 unspecified atom stereocenters. The molecule has 1 aromatic carbocycles. The van der Waals surface area contributed by atoms with Crippen LogP contribution in [0.15, 0.2) is 35.1 Å². The van der Waals surface area contributed by atoms with Gasteiger partial charge in [-0.2, -0.15) is 5.10 Å². The summed E-state index contributed by atoms with van der Waals surface area (Å²) >= 11 is 9.32. The van der Waals surface area contributed by atoms with Crippen molar-refractivity contribution in [1.29, 1.82) is 0 Å². The van der Waals surface area contributed by atoms with E-state index < -0.39 is 0 Å². The Bertz CT molecular complexity index is 556. The van der Waals surface area contributed by atoms with E-state index in [-0.39, 0.29) is 11.9 Å². The third-order valence-corrected chi connectivity index (χ3v) is 3.36. The molecule has 0 fully saturated rings. The maximum atomic E-state index is 12.1. The normalized spacial score (nSPS) is 12.2. The van der Waals surface area contributed by atoms with Gasteiger partial charge in [0.1, 0.15) is 0 Å². The molecule has 0 aliphatic heterocycles. The van der Waals surface area contributed by atoms with Gasteiger partial charge < -0.3 is 5.32 Å². The van der Waals surface area contributed by atoms with Gasteiger partial charge in [-0.05, 0) is 25.1 Å². The van der Waals surface area contributed by atoms with Gasteiger partial charge in [-0.25, -0.2) is 0 Å². The molecule has 1 amide bonds. The Balaban J connectivity index is 2.15. The van der Waals surface area contributed by atoms with E-state index in [0.717, 1.165) is 10.0 Å².